The molecule has 0 aliphatic carbocycles. The summed E-state index contributed by atoms with van der Waals surface area (Å²) in [4.78, 5) is 0. The number of hydrogen-bond acceptors (Lipinski definition) is 2. The summed E-state index contributed by atoms with van der Waals surface area (Å²) < 4.78 is 0. The molecule has 0 spiro atoms. The van der Waals surface area contributed by atoms with E-state index in [4.69, 9.17) is 11.5 Å². The Morgan fingerprint density at radius 3 is 2.56 bits per heavy atom. The lowest BCUT2D eigenvalue weighted by Crippen LogP contribution is -1.91. The Bertz CT molecular complexity index is 692. The van der Waals surface area contributed by atoms with Gasteiger partial charge in [-0.25, -0.2) is 0 Å². The molecule has 0 atom stereocenters. The molecule has 3 heteroatoms. The van der Waals surface area contributed by atoms with Crippen molar-refractivity contribution in [3.8, 4) is 0 Å². The van der Waals surface area contributed by atoms with Crippen LogP contribution in [0.3, 0.4) is 0 Å². The van der Waals surface area contributed by atoms with Crippen molar-refractivity contribution < 1.29 is 0 Å². The van der Waals surface area contributed by atoms with Crippen LogP contribution in [-0.4, -0.2) is 0 Å². The fraction of sp³-hybridized carbons (Fsp3) is 0. The molecule has 0 saturated heterocycles. The molecule has 0 aliphatic heterocycles. The molecule has 0 bridgehead atoms. The van der Waals surface area contributed by atoms with E-state index in [0.717, 1.165) is 13.6 Å². The zero-order valence-corrected chi connectivity index (χ0v) is 9.54. The molecule has 2 nitrogen and oxygen atoms in total. The van der Waals surface area contributed by atoms with Gasteiger partial charge in [0.25, 0.3) is 0 Å². The van der Waals surface area contributed by atoms with Crippen molar-refractivity contribution in [2.24, 2.45) is 0 Å². The summed E-state index contributed by atoms with van der Waals surface area (Å²) in [7, 11) is 1.01. The monoisotopic (exact) mass is 226 g/mol. The molecule has 4 N–H and O–H groups in total. The molecule has 1 heterocycles. The Morgan fingerprint density at radius 1 is 0.875 bits per heavy atom. The van der Waals surface area contributed by atoms with Crippen LogP contribution < -0.4 is 11.5 Å². The molecular formula is C13H11N2P. The van der Waals surface area contributed by atoms with Crippen molar-refractivity contribution in [2.45, 2.75) is 0 Å². The first kappa shape index (κ1) is 9.44. The van der Waals surface area contributed by atoms with E-state index in [-0.39, 0.29) is 0 Å². The highest BCUT2D eigenvalue weighted by Crippen LogP contribution is 2.37. The van der Waals surface area contributed by atoms with Gasteiger partial charge in [-0.15, -0.1) is 0 Å². The molecule has 0 aliphatic rings. The fourth-order valence-electron chi connectivity index (χ4n) is 1.96. The molecule has 0 amide bonds. The molecule has 0 unspecified atom stereocenters. The zero-order valence-electron chi connectivity index (χ0n) is 8.64. The van der Waals surface area contributed by atoms with Crippen molar-refractivity contribution in [2.75, 3.05) is 11.5 Å². The summed E-state index contributed by atoms with van der Waals surface area (Å²) in [5.41, 5.74) is 13.1. The number of fused-ring (bicyclic) bond motifs is 3. The Hall–Kier alpha value is -1.79. The highest BCUT2D eigenvalue weighted by molar-refractivity contribution is 7.41. The van der Waals surface area contributed by atoms with Gasteiger partial charge < -0.3 is 11.5 Å². The molecule has 0 radical (unpaired) electrons. The first-order valence-electron chi connectivity index (χ1n) is 5.09. The van der Waals surface area contributed by atoms with Crippen LogP contribution in [0.1, 0.15) is 0 Å². The molecular weight excluding hydrogens is 215 g/mol. The predicted molar refractivity (Wildman–Crippen MR) is 72.8 cm³/mol. The third kappa shape index (κ3) is 1.31. The average Bonchev–Trinajstić information content (AvgIpc) is 2.31. The highest BCUT2D eigenvalue weighted by atomic mass is 31.0. The maximum atomic E-state index is 5.88. The maximum absolute atomic E-state index is 5.88. The van der Waals surface area contributed by atoms with Crippen molar-refractivity contribution in [3.05, 3.63) is 42.5 Å². The lowest BCUT2D eigenvalue weighted by atomic mass is 10.1. The average molecular weight is 226 g/mol. The van der Waals surface area contributed by atoms with Gasteiger partial charge in [0.2, 0.25) is 0 Å². The fourth-order valence-corrected chi connectivity index (χ4v) is 2.86. The zero-order chi connectivity index (χ0) is 11.1. The number of benzene rings is 2. The second-order valence-corrected chi connectivity index (χ2v) is 5.00. The van der Waals surface area contributed by atoms with Gasteiger partial charge in [0.1, 0.15) is 0 Å². The minimum atomic E-state index is 0.686. The van der Waals surface area contributed by atoms with Gasteiger partial charge in [0.15, 0.2) is 0 Å². The third-order valence-corrected chi connectivity index (χ3v) is 3.91. The van der Waals surface area contributed by atoms with Gasteiger partial charge in [-0.2, -0.15) is 0 Å². The Morgan fingerprint density at radius 2 is 1.69 bits per heavy atom. The van der Waals surface area contributed by atoms with Crippen molar-refractivity contribution in [1.29, 1.82) is 0 Å². The van der Waals surface area contributed by atoms with E-state index in [1.807, 2.05) is 18.2 Å². The van der Waals surface area contributed by atoms with Gasteiger partial charge in [0.05, 0.1) is 11.1 Å². The first-order chi connectivity index (χ1) is 7.75. The van der Waals surface area contributed by atoms with Crippen LogP contribution in [0.25, 0.3) is 21.3 Å². The quantitative estimate of drug-likeness (QED) is 0.574. The maximum Gasteiger partial charge on any atom is 0.0829 e. The lowest BCUT2D eigenvalue weighted by molar-refractivity contribution is 1.79. The summed E-state index contributed by atoms with van der Waals surface area (Å²) in [6, 6.07) is 14.5. The topological polar surface area (TPSA) is 52.0 Å². The molecule has 2 aromatic carbocycles. The minimum Gasteiger partial charge on any atom is -0.397 e. The van der Waals surface area contributed by atoms with E-state index >= 15 is 0 Å². The number of nitrogen functional groups attached to an aromatic ring is 2. The molecule has 0 saturated carbocycles. The summed E-state index contributed by atoms with van der Waals surface area (Å²) in [6.07, 6.45) is 0. The molecule has 3 aromatic rings. The predicted octanol–water partition coefficient (Wildman–Crippen LogP) is 3.74. The van der Waals surface area contributed by atoms with E-state index in [2.05, 4.69) is 24.3 Å². The van der Waals surface area contributed by atoms with Gasteiger partial charge >= 0.3 is 0 Å². The summed E-state index contributed by atoms with van der Waals surface area (Å²) in [5, 5.41) is 4.90. The van der Waals surface area contributed by atoms with Crippen molar-refractivity contribution in [3.63, 3.8) is 0 Å². The molecule has 16 heavy (non-hydrogen) atoms. The standard InChI is InChI=1S/C13H11N2P/c14-11-7-10-9-4-2-1-3-8(9)5-6-12(10)16-13(11)15/h1-7H,14-15H2. The summed E-state index contributed by atoms with van der Waals surface area (Å²) in [5.74, 6) is 0. The highest BCUT2D eigenvalue weighted by Gasteiger charge is 2.03. The van der Waals surface area contributed by atoms with Crippen LogP contribution in [0.4, 0.5) is 11.1 Å². The molecule has 1 aromatic heterocycles. The number of anilines is 2. The second kappa shape index (κ2) is 3.36. The molecule has 0 fully saturated rings. The van der Waals surface area contributed by atoms with Crippen LogP contribution in [0.15, 0.2) is 42.5 Å². The van der Waals surface area contributed by atoms with Crippen LogP contribution in [0.5, 0.6) is 0 Å². The normalized spacial score (nSPS) is 11.5. The Kier molecular flexibility index (Phi) is 1.98. The van der Waals surface area contributed by atoms with Crippen LogP contribution in [0, 0.1) is 0 Å². The van der Waals surface area contributed by atoms with Crippen molar-refractivity contribution >= 4 is 40.6 Å². The van der Waals surface area contributed by atoms with Gasteiger partial charge in [0, 0.05) is 5.12 Å². The van der Waals surface area contributed by atoms with Gasteiger partial charge in [-0.05, 0) is 36.5 Å². The van der Waals surface area contributed by atoms with E-state index in [1.165, 1.54) is 21.3 Å². The lowest BCUT2D eigenvalue weighted by Gasteiger charge is -2.06. The number of hydrogen-bond donors (Lipinski definition) is 2. The van der Waals surface area contributed by atoms with Crippen LogP contribution in [0.2, 0.25) is 0 Å². The number of nitrogens with two attached hydrogens (primary N) is 2. The first-order valence-corrected chi connectivity index (χ1v) is 5.98. The minimum absolute atomic E-state index is 0.686. The SMILES string of the molecule is Nc1cc2c(ccc3ccccc32)pc1N. The second-order valence-electron chi connectivity index (χ2n) is 3.82. The van der Waals surface area contributed by atoms with Crippen LogP contribution >= 0.6 is 8.19 Å². The van der Waals surface area contributed by atoms with Crippen LogP contribution in [-0.2, 0) is 0 Å². The molecule has 3 rings (SSSR count). The third-order valence-electron chi connectivity index (χ3n) is 2.78. The van der Waals surface area contributed by atoms with Gasteiger partial charge in [-0.3, -0.25) is 0 Å². The Labute approximate surface area is 95.0 Å². The number of rotatable bonds is 0. The van der Waals surface area contributed by atoms with Gasteiger partial charge in [-0.1, -0.05) is 30.3 Å². The van der Waals surface area contributed by atoms with E-state index in [1.54, 1.807) is 0 Å². The van der Waals surface area contributed by atoms with E-state index < -0.39 is 0 Å². The molecule has 78 valence electrons. The van der Waals surface area contributed by atoms with E-state index in [0.29, 0.717) is 5.69 Å². The smallest absolute Gasteiger partial charge is 0.0829 e. The summed E-state index contributed by atoms with van der Waals surface area (Å²) in [6.45, 7) is 0. The van der Waals surface area contributed by atoms with E-state index in [9.17, 15) is 0 Å². The van der Waals surface area contributed by atoms with Crippen molar-refractivity contribution in [1.82, 2.24) is 0 Å². The largest absolute Gasteiger partial charge is 0.397 e. The summed E-state index contributed by atoms with van der Waals surface area (Å²) >= 11 is 0. The Balaban J connectivity index is 2.55.